The number of halogens is 3. The van der Waals surface area contributed by atoms with Crippen LogP contribution in [0, 0.1) is 17.6 Å². The van der Waals surface area contributed by atoms with Crippen LogP contribution in [0.5, 0.6) is 0 Å². The Labute approximate surface area is 182 Å². The minimum Gasteiger partial charge on any atom is -0.0613 e. The quantitative estimate of drug-likeness (QED) is 0.186. The molecule has 0 amide bonds. The lowest BCUT2D eigenvalue weighted by molar-refractivity contribution is 1.52. The van der Waals surface area contributed by atoms with E-state index >= 15 is 0 Å². The fourth-order valence-corrected chi connectivity index (χ4v) is 5.12. The van der Waals surface area contributed by atoms with Gasteiger partial charge in [-0.1, -0.05) is 24.3 Å². The minimum absolute atomic E-state index is 1.27. The number of hydrogen-bond donors (Lipinski definition) is 0. The summed E-state index contributed by atoms with van der Waals surface area (Å²) in [4.78, 5) is 0. The van der Waals surface area contributed by atoms with E-state index in [0.717, 1.165) is 0 Å². The number of hydrogen-bond acceptors (Lipinski definition) is 0. The van der Waals surface area contributed by atoms with Gasteiger partial charge in [-0.05, 0) is 149 Å². The second kappa shape index (κ2) is 6.72. The molecule has 0 nitrogen and oxygen atoms in total. The van der Waals surface area contributed by atoms with Crippen molar-refractivity contribution in [3.05, 3.63) is 76.9 Å². The molecule has 0 bridgehead atoms. The first kappa shape index (κ1) is 17.0. The topological polar surface area (TPSA) is 0 Å². The van der Waals surface area contributed by atoms with E-state index in [-0.39, 0.29) is 0 Å². The zero-order valence-electron chi connectivity index (χ0n) is 12.9. The fourth-order valence-electron chi connectivity index (χ4n) is 3.18. The maximum atomic E-state index is 2.46. The monoisotopic (exact) mass is 646 g/mol. The van der Waals surface area contributed by atoms with Gasteiger partial charge in [0.25, 0.3) is 0 Å². The van der Waals surface area contributed by atoms with Gasteiger partial charge in [-0.3, -0.25) is 0 Å². The van der Waals surface area contributed by atoms with Crippen LogP contribution >= 0.6 is 67.8 Å². The Morgan fingerprint density at radius 2 is 1.50 bits per heavy atom. The van der Waals surface area contributed by atoms with E-state index in [2.05, 4.69) is 135 Å². The summed E-state index contributed by atoms with van der Waals surface area (Å²) >= 11 is 7.28. The lowest BCUT2D eigenvalue weighted by Gasteiger charge is -2.12. The molecule has 0 aromatic heterocycles. The Morgan fingerprint density at radius 1 is 0.667 bits per heavy atom. The average Bonchev–Trinajstić information content (AvgIpc) is 2.55. The molecule has 4 aromatic rings. The number of fused-ring (bicyclic) bond motifs is 2. The highest BCUT2D eigenvalue weighted by atomic mass is 127. The van der Waals surface area contributed by atoms with Crippen LogP contribution in [0.4, 0.5) is 0 Å². The standard InChI is InChI=1S/C21H13I3/c1-12-3-2-4-17-18(12)8-14(9-21(17)24)20-11-16(23)7-13-5-6-15(22)10-19(13)20/h2-11H,1H3. The number of aryl methyl sites for hydroxylation is 1. The molecular formula is C21H13I3. The Balaban J connectivity index is 2.09. The van der Waals surface area contributed by atoms with Crippen LogP contribution < -0.4 is 0 Å². The maximum absolute atomic E-state index is 2.46. The Hall–Kier alpha value is -0.410. The summed E-state index contributed by atoms with van der Waals surface area (Å²) < 4.78 is 3.85. The van der Waals surface area contributed by atoms with Gasteiger partial charge >= 0.3 is 0 Å². The van der Waals surface area contributed by atoms with Crippen LogP contribution in [0.1, 0.15) is 5.56 Å². The summed E-state index contributed by atoms with van der Waals surface area (Å²) in [6.07, 6.45) is 0. The maximum Gasteiger partial charge on any atom is 0.0215 e. The molecular weight excluding hydrogens is 633 g/mol. The smallest absolute Gasteiger partial charge is 0.0215 e. The van der Waals surface area contributed by atoms with Crippen LogP contribution in [0.2, 0.25) is 0 Å². The molecule has 24 heavy (non-hydrogen) atoms. The normalized spacial score (nSPS) is 11.3. The van der Waals surface area contributed by atoms with Gasteiger partial charge < -0.3 is 0 Å². The zero-order chi connectivity index (χ0) is 16.8. The van der Waals surface area contributed by atoms with Crippen molar-refractivity contribution in [3.8, 4) is 11.1 Å². The van der Waals surface area contributed by atoms with Crippen LogP contribution in [0.25, 0.3) is 32.7 Å². The average molecular weight is 646 g/mol. The molecule has 0 spiro atoms. The van der Waals surface area contributed by atoms with Gasteiger partial charge in [-0.15, -0.1) is 0 Å². The van der Waals surface area contributed by atoms with E-state index in [1.165, 1.54) is 48.9 Å². The molecule has 0 heterocycles. The van der Waals surface area contributed by atoms with Crippen LogP contribution in [0.3, 0.4) is 0 Å². The summed E-state index contributed by atoms with van der Waals surface area (Å²) in [5.41, 5.74) is 3.95. The highest BCUT2D eigenvalue weighted by molar-refractivity contribution is 14.1. The van der Waals surface area contributed by atoms with Crippen LogP contribution in [0.15, 0.2) is 60.7 Å². The minimum atomic E-state index is 1.27. The van der Waals surface area contributed by atoms with Crippen molar-refractivity contribution in [2.45, 2.75) is 6.92 Å². The third-order valence-corrected chi connectivity index (χ3v) is 6.54. The van der Waals surface area contributed by atoms with E-state index in [1.54, 1.807) is 0 Å². The lowest BCUT2D eigenvalue weighted by Crippen LogP contribution is -1.89. The molecule has 0 saturated carbocycles. The molecule has 0 aliphatic heterocycles. The first-order chi connectivity index (χ1) is 11.5. The zero-order valence-corrected chi connectivity index (χ0v) is 19.4. The van der Waals surface area contributed by atoms with Gasteiger partial charge in [0, 0.05) is 10.7 Å². The molecule has 4 aromatic carbocycles. The Morgan fingerprint density at radius 3 is 2.33 bits per heavy atom. The van der Waals surface area contributed by atoms with Crippen LogP contribution in [-0.2, 0) is 0 Å². The first-order valence-electron chi connectivity index (χ1n) is 7.61. The molecule has 0 aliphatic carbocycles. The molecule has 0 N–H and O–H groups in total. The SMILES string of the molecule is Cc1cccc2c(I)cc(-c3cc(I)cc4ccc(I)cc34)cc12. The summed E-state index contributed by atoms with van der Waals surface area (Å²) in [7, 11) is 0. The van der Waals surface area contributed by atoms with Crippen molar-refractivity contribution in [3.63, 3.8) is 0 Å². The molecule has 0 fully saturated rings. The Bertz CT molecular complexity index is 1100. The van der Waals surface area contributed by atoms with Gasteiger partial charge in [-0.25, -0.2) is 0 Å². The number of benzene rings is 4. The highest BCUT2D eigenvalue weighted by Gasteiger charge is 2.10. The van der Waals surface area contributed by atoms with Crippen molar-refractivity contribution < 1.29 is 0 Å². The molecule has 0 aliphatic rings. The lowest BCUT2D eigenvalue weighted by atomic mass is 9.95. The van der Waals surface area contributed by atoms with Gasteiger partial charge in [0.1, 0.15) is 0 Å². The largest absolute Gasteiger partial charge is 0.0613 e. The second-order valence-corrected chi connectivity index (χ2v) is 9.60. The van der Waals surface area contributed by atoms with Gasteiger partial charge in [0.15, 0.2) is 0 Å². The molecule has 0 radical (unpaired) electrons. The number of rotatable bonds is 1. The first-order valence-corrected chi connectivity index (χ1v) is 10.8. The highest BCUT2D eigenvalue weighted by Crippen LogP contribution is 2.36. The predicted octanol–water partition coefficient (Wildman–Crippen LogP) is 7.78. The van der Waals surface area contributed by atoms with Crippen LogP contribution in [-0.4, -0.2) is 0 Å². The van der Waals surface area contributed by atoms with Crippen molar-refractivity contribution in [1.82, 2.24) is 0 Å². The van der Waals surface area contributed by atoms with Gasteiger partial charge in [0.05, 0.1) is 0 Å². The van der Waals surface area contributed by atoms with E-state index in [4.69, 9.17) is 0 Å². The second-order valence-electron chi connectivity index (χ2n) is 5.95. The van der Waals surface area contributed by atoms with Gasteiger partial charge in [0.2, 0.25) is 0 Å². The summed E-state index contributed by atoms with van der Waals surface area (Å²) in [5.74, 6) is 0. The summed E-state index contributed by atoms with van der Waals surface area (Å²) in [6.45, 7) is 2.19. The van der Waals surface area contributed by atoms with Crippen molar-refractivity contribution in [2.24, 2.45) is 0 Å². The van der Waals surface area contributed by atoms with E-state index in [1.807, 2.05) is 0 Å². The molecule has 0 atom stereocenters. The Kier molecular flexibility index (Phi) is 4.77. The van der Waals surface area contributed by atoms with Crippen molar-refractivity contribution in [1.29, 1.82) is 0 Å². The molecule has 0 unspecified atom stereocenters. The molecule has 4 rings (SSSR count). The molecule has 118 valence electrons. The van der Waals surface area contributed by atoms with E-state index in [0.29, 0.717) is 0 Å². The van der Waals surface area contributed by atoms with E-state index < -0.39 is 0 Å². The van der Waals surface area contributed by atoms with Gasteiger partial charge in [-0.2, -0.15) is 0 Å². The third kappa shape index (κ3) is 3.07. The molecule has 3 heteroatoms. The predicted molar refractivity (Wildman–Crippen MR) is 130 cm³/mol. The third-order valence-electron chi connectivity index (χ3n) is 4.36. The van der Waals surface area contributed by atoms with Crippen molar-refractivity contribution in [2.75, 3.05) is 0 Å². The fraction of sp³-hybridized carbons (Fsp3) is 0.0476. The summed E-state index contributed by atoms with van der Waals surface area (Å²) in [5, 5.41) is 5.31. The molecule has 0 saturated heterocycles. The van der Waals surface area contributed by atoms with Crippen molar-refractivity contribution >= 4 is 89.3 Å². The summed E-state index contributed by atoms with van der Waals surface area (Å²) in [6, 6.07) is 22.4. The van der Waals surface area contributed by atoms with E-state index in [9.17, 15) is 0 Å².